The molecule has 19 heavy (non-hydrogen) atoms. The van der Waals surface area contributed by atoms with Crippen molar-refractivity contribution in [3.8, 4) is 0 Å². The van der Waals surface area contributed by atoms with Gasteiger partial charge in [0.2, 0.25) is 5.91 Å². The molecule has 0 aliphatic heterocycles. The molecule has 4 nitrogen and oxygen atoms in total. The lowest BCUT2D eigenvalue weighted by molar-refractivity contribution is -0.116. The van der Waals surface area contributed by atoms with Crippen LogP contribution in [-0.4, -0.2) is 27.8 Å². The summed E-state index contributed by atoms with van der Waals surface area (Å²) in [5, 5.41) is 2.82. The van der Waals surface area contributed by atoms with Gasteiger partial charge < -0.3 is 9.88 Å². The third kappa shape index (κ3) is 5.32. The predicted octanol–water partition coefficient (Wildman–Crippen LogP) is 3.35. The van der Waals surface area contributed by atoms with Gasteiger partial charge in [0.1, 0.15) is 0 Å². The molecule has 1 aromatic rings. The van der Waals surface area contributed by atoms with Crippen molar-refractivity contribution in [2.75, 3.05) is 11.6 Å². The first kappa shape index (κ1) is 16.2. The van der Waals surface area contributed by atoms with E-state index in [1.54, 1.807) is 45.5 Å². The van der Waals surface area contributed by atoms with Crippen LogP contribution in [0.2, 0.25) is 0 Å². The van der Waals surface area contributed by atoms with E-state index in [1.165, 1.54) is 0 Å². The number of hydrogen-bond acceptors (Lipinski definition) is 4. The van der Waals surface area contributed by atoms with Gasteiger partial charge in [-0.25, -0.2) is 0 Å². The van der Waals surface area contributed by atoms with E-state index in [9.17, 15) is 9.59 Å². The lowest BCUT2D eigenvalue weighted by atomic mass is 10.1. The van der Waals surface area contributed by atoms with E-state index < -0.39 is 0 Å². The van der Waals surface area contributed by atoms with Gasteiger partial charge in [0.15, 0.2) is 6.29 Å². The van der Waals surface area contributed by atoms with Gasteiger partial charge in [-0.3, -0.25) is 9.59 Å². The highest BCUT2D eigenvalue weighted by Crippen LogP contribution is 2.37. The van der Waals surface area contributed by atoms with Gasteiger partial charge in [-0.05, 0) is 32.6 Å². The maximum absolute atomic E-state index is 11.8. The molecule has 1 rings (SSSR count). The third-order valence-corrected chi connectivity index (χ3v) is 5.39. The molecule has 0 saturated carbocycles. The van der Waals surface area contributed by atoms with Crippen molar-refractivity contribution in [3.63, 3.8) is 0 Å². The molecule has 1 amide bonds. The number of rotatable bonds is 7. The van der Waals surface area contributed by atoms with Crippen LogP contribution in [0.15, 0.2) is 12.3 Å². The highest BCUT2D eigenvalue weighted by Gasteiger charge is 2.19. The summed E-state index contributed by atoms with van der Waals surface area (Å²) in [6, 6.07) is 1.67. The number of aryl methyl sites for hydroxylation is 1. The van der Waals surface area contributed by atoms with Crippen molar-refractivity contribution in [2.45, 2.75) is 31.4 Å². The second-order valence-corrected chi connectivity index (χ2v) is 8.05. The van der Waals surface area contributed by atoms with Crippen LogP contribution in [0.5, 0.6) is 0 Å². The smallest absolute Gasteiger partial charge is 0.224 e. The van der Waals surface area contributed by atoms with Gasteiger partial charge in [0.05, 0.1) is 11.4 Å². The Bertz CT molecular complexity index is 455. The Hall–Kier alpha value is -0.880. The Morgan fingerprint density at radius 1 is 1.53 bits per heavy atom. The first-order valence-corrected chi connectivity index (χ1v) is 8.57. The van der Waals surface area contributed by atoms with E-state index in [1.807, 2.05) is 6.26 Å². The molecule has 0 aliphatic rings. The summed E-state index contributed by atoms with van der Waals surface area (Å²) in [5.41, 5.74) is 1.22. The van der Waals surface area contributed by atoms with Crippen LogP contribution in [0, 0.1) is 0 Å². The van der Waals surface area contributed by atoms with Crippen LogP contribution in [0.25, 0.3) is 0 Å². The maximum atomic E-state index is 11.8. The predicted molar refractivity (Wildman–Crippen MR) is 83.8 cm³/mol. The molecule has 0 aliphatic carbocycles. The van der Waals surface area contributed by atoms with Crippen LogP contribution in [-0.2, 0) is 11.8 Å². The van der Waals surface area contributed by atoms with E-state index in [0.29, 0.717) is 17.8 Å². The number of aromatic nitrogens is 1. The minimum atomic E-state index is -0.0159. The molecule has 0 saturated heterocycles. The molecule has 0 atom stereocenters. The zero-order valence-corrected chi connectivity index (χ0v) is 13.4. The van der Waals surface area contributed by atoms with E-state index in [0.717, 1.165) is 12.7 Å². The maximum Gasteiger partial charge on any atom is 0.224 e. The molecule has 1 N–H and O–H groups in total. The standard InChI is InChI=1S/C13H20N2O2S2/c1-13(2,19-18-4)6-5-12(17)14-10-7-11(9-16)15(3)8-10/h7-9H,5-6H2,1-4H3,(H,14,17). The minimum absolute atomic E-state index is 0.0159. The normalized spacial score (nSPS) is 11.4. The number of hydrogen-bond donors (Lipinski definition) is 1. The van der Waals surface area contributed by atoms with Crippen LogP contribution in [0.4, 0.5) is 5.69 Å². The Morgan fingerprint density at radius 2 is 2.21 bits per heavy atom. The molecular formula is C13H20N2O2S2. The van der Waals surface area contributed by atoms with E-state index in [2.05, 4.69) is 19.2 Å². The lowest BCUT2D eigenvalue weighted by Gasteiger charge is -2.21. The van der Waals surface area contributed by atoms with Gasteiger partial charge >= 0.3 is 0 Å². The quantitative estimate of drug-likeness (QED) is 0.620. The number of amides is 1. The molecule has 6 heteroatoms. The Balaban J connectivity index is 2.49. The number of carbonyl (C=O) groups is 2. The molecule has 1 heterocycles. The van der Waals surface area contributed by atoms with E-state index >= 15 is 0 Å². The number of anilines is 1. The number of nitrogens with zero attached hydrogens (tertiary/aromatic N) is 1. The molecule has 1 aromatic heterocycles. The van der Waals surface area contributed by atoms with Crippen molar-refractivity contribution in [2.24, 2.45) is 7.05 Å². The topological polar surface area (TPSA) is 51.1 Å². The summed E-state index contributed by atoms with van der Waals surface area (Å²) in [5.74, 6) is -0.0159. The summed E-state index contributed by atoms with van der Waals surface area (Å²) >= 11 is 0. The first-order valence-electron chi connectivity index (χ1n) is 6.01. The van der Waals surface area contributed by atoms with Crippen molar-refractivity contribution in [1.82, 2.24) is 4.57 Å². The summed E-state index contributed by atoms with van der Waals surface area (Å²) in [6.07, 6.45) is 5.85. The van der Waals surface area contributed by atoms with Crippen molar-refractivity contribution < 1.29 is 9.59 Å². The van der Waals surface area contributed by atoms with Crippen molar-refractivity contribution in [1.29, 1.82) is 0 Å². The highest BCUT2D eigenvalue weighted by molar-refractivity contribution is 8.76. The molecule has 0 bridgehead atoms. The Morgan fingerprint density at radius 3 is 2.74 bits per heavy atom. The van der Waals surface area contributed by atoms with Crippen LogP contribution < -0.4 is 5.32 Å². The second kappa shape index (κ2) is 7.05. The number of nitrogens with one attached hydrogen (secondary N) is 1. The van der Waals surface area contributed by atoms with E-state index in [4.69, 9.17) is 0 Å². The van der Waals surface area contributed by atoms with Crippen molar-refractivity contribution in [3.05, 3.63) is 18.0 Å². The highest BCUT2D eigenvalue weighted by atomic mass is 33.1. The van der Waals surface area contributed by atoms with Crippen LogP contribution in [0.1, 0.15) is 37.2 Å². The molecule has 0 unspecified atom stereocenters. The SMILES string of the molecule is CSSC(C)(C)CCC(=O)Nc1cc(C=O)n(C)c1. The van der Waals surface area contributed by atoms with Crippen LogP contribution >= 0.6 is 21.6 Å². The van der Waals surface area contributed by atoms with E-state index in [-0.39, 0.29) is 10.7 Å². The van der Waals surface area contributed by atoms with Crippen molar-refractivity contribution >= 4 is 39.5 Å². The number of aldehydes is 1. The van der Waals surface area contributed by atoms with Gasteiger partial charge in [-0.1, -0.05) is 21.6 Å². The molecule has 106 valence electrons. The largest absolute Gasteiger partial charge is 0.346 e. The molecule has 0 radical (unpaired) electrons. The van der Waals surface area contributed by atoms with Crippen LogP contribution in [0.3, 0.4) is 0 Å². The minimum Gasteiger partial charge on any atom is -0.346 e. The summed E-state index contributed by atoms with van der Waals surface area (Å²) in [6.45, 7) is 4.27. The molecule has 0 aromatic carbocycles. The average Bonchev–Trinajstić information content (AvgIpc) is 2.67. The molecule has 0 spiro atoms. The number of carbonyl (C=O) groups excluding carboxylic acids is 2. The van der Waals surface area contributed by atoms with Gasteiger partial charge in [0, 0.05) is 24.4 Å². The monoisotopic (exact) mass is 300 g/mol. The van der Waals surface area contributed by atoms with Gasteiger partial charge in [0.25, 0.3) is 0 Å². The second-order valence-electron chi connectivity index (χ2n) is 4.94. The Kier molecular flexibility index (Phi) is 6.00. The Labute approximate surface area is 122 Å². The zero-order valence-electron chi connectivity index (χ0n) is 11.7. The third-order valence-electron chi connectivity index (χ3n) is 2.71. The summed E-state index contributed by atoms with van der Waals surface area (Å²) in [4.78, 5) is 22.6. The van der Waals surface area contributed by atoms with Gasteiger partial charge in [-0.2, -0.15) is 0 Å². The van der Waals surface area contributed by atoms with Gasteiger partial charge in [-0.15, -0.1) is 0 Å². The summed E-state index contributed by atoms with van der Waals surface area (Å²) in [7, 11) is 5.27. The average molecular weight is 300 g/mol. The first-order chi connectivity index (χ1) is 8.88. The zero-order chi connectivity index (χ0) is 14.5. The fourth-order valence-corrected chi connectivity index (χ4v) is 3.91. The summed E-state index contributed by atoms with van der Waals surface area (Å²) < 4.78 is 1.78. The molecular weight excluding hydrogens is 280 g/mol. The fourth-order valence-electron chi connectivity index (χ4n) is 1.67. The lowest BCUT2D eigenvalue weighted by Crippen LogP contribution is -2.19. The fraction of sp³-hybridized carbons (Fsp3) is 0.538. The molecule has 0 fully saturated rings.